The molecule has 5 heteroatoms. The van der Waals surface area contributed by atoms with E-state index >= 15 is 0 Å². The minimum absolute atomic E-state index is 0.0740. The zero-order chi connectivity index (χ0) is 11.5. The number of nitrogens with two attached hydrogens (primary N) is 1. The van der Waals surface area contributed by atoms with Crippen LogP contribution in [0, 0.1) is 5.41 Å². The monoisotopic (exact) mass is 220 g/mol. The molecule has 1 atom stereocenters. The third-order valence-electron chi connectivity index (χ3n) is 2.62. The third-order valence-corrected chi connectivity index (χ3v) is 2.62. The van der Waals surface area contributed by atoms with Gasteiger partial charge in [-0.1, -0.05) is 0 Å². The van der Waals surface area contributed by atoms with Crippen molar-refractivity contribution in [1.82, 2.24) is 4.98 Å². The molecule has 1 saturated heterocycles. The lowest BCUT2D eigenvalue weighted by atomic mass is 10.2. The van der Waals surface area contributed by atoms with Crippen LogP contribution in [0.15, 0.2) is 18.3 Å². The molecular weight excluding hydrogens is 204 g/mol. The summed E-state index contributed by atoms with van der Waals surface area (Å²) in [7, 11) is 0. The van der Waals surface area contributed by atoms with E-state index in [2.05, 4.69) is 9.88 Å². The van der Waals surface area contributed by atoms with Crippen molar-refractivity contribution in [2.45, 2.75) is 13.0 Å². The Bertz CT molecular complexity index is 393. The van der Waals surface area contributed by atoms with Crippen LogP contribution in [0.5, 0.6) is 0 Å². The number of nitrogens with zero attached hydrogens (tertiary/aromatic N) is 2. The molecule has 16 heavy (non-hydrogen) atoms. The molecule has 3 N–H and O–H groups in total. The van der Waals surface area contributed by atoms with E-state index in [-0.39, 0.29) is 11.9 Å². The van der Waals surface area contributed by atoms with Gasteiger partial charge in [-0.05, 0) is 19.1 Å². The molecule has 0 bridgehead atoms. The topological polar surface area (TPSA) is 75.2 Å². The second-order valence-corrected chi connectivity index (χ2v) is 3.94. The minimum Gasteiger partial charge on any atom is -0.384 e. The second kappa shape index (κ2) is 4.49. The normalized spacial score (nSPS) is 20.8. The fraction of sp³-hybridized carbons (Fsp3) is 0.455. The number of nitrogens with one attached hydrogen (secondary N) is 1. The summed E-state index contributed by atoms with van der Waals surface area (Å²) in [4.78, 5) is 6.45. The van der Waals surface area contributed by atoms with Crippen molar-refractivity contribution >= 4 is 11.7 Å². The average molecular weight is 220 g/mol. The first-order chi connectivity index (χ1) is 7.66. The number of hydrogen-bond acceptors (Lipinski definition) is 4. The molecule has 0 amide bonds. The zero-order valence-corrected chi connectivity index (χ0v) is 9.31. The van der Waals surface area contributed by atoms with E-state index in [1.165, 1.54) is 0 Å². The first-order valence-electron chi connectivity index (χ1n) is 5.34. The standard InChI is InChI=1S/C11H16N4O/c1-8-7-15(4-5-16-8)10-6-9(11(12)13)2-3-14-10/h2-3,6,8H,4-5,7H2,1H3,(H3,12,13). The lowest BCUT2D eigenvalue weighted by Gasteiger charge is -2.32. The number of aromatic nitrogens is 1. The fourth-order valence-corrected chi connectivity index (χ4v) is 1.79. The van der Waals surface area contributed by atoms with Gasteiger partial charge in [-0.2, -0.15) is 0 Å². The number of hydrogen-bond donors (Lipinski definition) is 2. The van der Waals surface area contributed by atoms with Crippen LogP contribution in [-0.4, -0.2) is 36.6 Å². The van der Waals surface area contributed by atoms with Gasteiger partial charge in [-0.3, -0.25) is 5.41 Å². The van der Waals surface area contributed by atoms with Crippen molar-refractivity contribution in [2.75, 3.05) is 24.6 Å². The Hall–Kier alpha value is -1.62. The number of morpholine rings is 1. The van der Waals surface area contributed by atoms with Gasteiger partial charge in [0.15, 0.2) is 0 Å². The summed E-state index contributed by atoms with van der Waals surface area (Å²) in [6.07, 6.45) is 1.91. The highest BCUT2D eigenvalue weighted by atomic mass is 16.5. The molecule has 0 aliphatic carbocycles. The van der Waals surface area contributed by atoms with E-state index < -0.39 is 0 Å². The van der Waals surface area contributed by atoms with E-state index in [1.807, 2.05) is 13.0 Å². The van der Waals surface area contributed by atoms with Gasteiger partial charge in [-0.25, -0.2) is 4.98 Å². The summed E-state index contributed by atoms with van der Waals surface area (Å²) >= 11 is 0. The summed E-state index contributed by atoms with van der Waals surface area (Å²) in [6.45, 7) is 4.42. The number of pyridine rings is 1. The number of rotatable bonds is 2. The number of amidine groups is 1. The summed E-state index contributed by atoms with van der Waals surface area (Å²) in [5, 5.41) is 7.39. The lowest BCUT2D eigenvalue weighted by molar-refractivity contribution is 0.0529. The Morgan fingerprint density at radius 1 is 1.69 bits per heavy atom. The van der Waals surface area contributed by atoms with Gasteiger partial charge in [-0.15, -0.1) is 0 Å². The van der Waals surface area contributed by atoms with Gasteiger partial charge in [0.05, 0.1) is 12.7 Å². The van der Waals surface area contributed by atoms with E-state index in [1.54, 1.807) is 12.3 Å². The van der Waals surface area contributed by atoms with Crippen LogP contribution in [0.3, 0.4) is 0 Å². The number of ether oxygens (including phenoxy) is 1. The van der Waals surface area contributed by atoms with Crippen LogP contribution >= 0.6 is 0 Å². The number of anilines is 1. The van der Waals surface area contributed by atoms with E-state index in [0.29, 0.717) is 12.2 Å². The predicted molar refractivity (Wildman–Crippen MR) is 62.9 cm³/mol. The van der Waals surface area contributed by atoms with E-state index in [0.717, 1.165) is 18.9 Å². The summed E-state index contributed by atoms with van der Waals surface area (Å²) in [5.74, 6) is 0.938. The lowest BCUT2D eigenvalue weighted by Crippen LogP contribution is -2.41. The first-order valence-corrected chi connectivity index (χ1v) is 5.34. The van der Waals surface area contributed by atoms with Crippen molar-refractivity contribution in [2.24, 2.45) is 5.73 Å². The van der Waals surface area contributed by atoms with Gasteiger partial charge >= 0.3 is 0 Å². The predicted octanol–water partition coefficient (Wildman–Crippen LogP) is 0.591. The van der Waals surface area contributed by atoms with Crippen LogP contribution in [0.1, 0.15) is 12.5 Å². The largest absolute Gasteiger partial charge is 0.384 e. The van der Waals surface area contributed by atoms with E-state index in [9.17, 15) is 0 Å². The summed E-state index contributed by atoms with van der Waals surface area (Å²) in [6, 6.07) is 3.59. The van der Waals surface area contributed by atoms with Crippen molar-refractivity contribution in [1.29, 1.82) is 5.41 Å². The molecule has 2 rings (SSSR count). The Kier molecular flexibility index (Phi) is 3.05. The van der Waals surface area contributed by atoms with Crippen molar-refractivity contribution in [3.8, 4) is 0 Å². The SMILES string of the molecule is CC1CN(c2cc(C(=N)N)ccn2)CCO1. The van der Waals surface area contributed by atoms with Crippen LogP contribution in [0.25, 0.3) is 0 Å². The molecular formula is C11H16N4O. The Morgan fingerprint density at radius 3 is 3.19 bits per heavy atom. The molecule has 5 nitrogen and oxygen atoms in total. The van der Waals surface area contributed by atoms with Gasteiger partial charge in [0, 0.05) is 24.8 Å². The molecule has 2 heterocycles. The van der Waals surface area contributed by atoms with Crippen molar-refractivity contribution < 1.29 is 4.74 Å². The molecule has 1 aromatic heterocycles. The summed E-state index contributed by atoms with van der Waals surface area (Å²) in [5.41, 5.74) is 6.16. The molecule has 86 valence electrons. The van der Waals surface area contributed by atoms with Crippen LogP contribution < -0.4 is 10.6 Å². The zero-order valence-electron chi connectivity index (χ0n) is 9.31. The summed E-state index contributed by atoms with van der Waals surface area (Å²) < 4.78 is 5.47. The maximum atomic E-state index is 7.39. The Balaban J connectivity index is 2.19. The smallest absolute Gasteiger partial charge is 0.129 e. The molecule has 1 aliphatic rings. The Labute approximate surface area is 94.7 Å². The quantitative estimate of drug-likeness (QED) is 0.565. The van der Waals surface area contributed by atoms with Gasteiger partial charge in [0.2, 0.25) is 0 Å². The highest BCUT2D eigenvalue weighted by molar-refractivity contribution is 5.95. The molecule has 1 fully saturated rings. The Morgan fingerprint density at radius 2 is 2.50 bits per heavy atom. The number of nitrogen functional groups attached to an aromatic ring is 1. The third kappa shape index (κ3) is 2.30. The van der Waals surface area contributed by atoms with Crippen LogP contribution in [0.4, 0.5) is 5.82 Å². The molecule has 1 aromatic rings. The van der Waals surface area contributed by atoms with Gasteiger partial charge in [0.1, 0.15) is 11.7 Å². The van der Waals surface area contributed by atoms with Crippen LogP contribution in [0.2, 0.25) is 0 Å². The highest BCUT2D eigenvalue weighted by Crippen LogP contribution is 2.16. The minimum atomic E-state index is 0.0740. The van der Waals surface area contributed by atoms with Crippen molar-refractivity contribution in [3.63, 3.8) is 0 Å². The fourth-order valence-electron chi connectivity index (χ4n) is 1.79. The maximum Gasteiger partial charge on any atom is 0.129 e. The second-order valence-electron chi connectivity index (χ2n) is 3.94. The molecule has 0 spiro atoms. The molecule has 1 unspecified atom stereocenters. The molecule has 0 aromatic carbocycles. The van der Waals surface area contributed by atoms with E-state index in [4.69, 9.17) is 15.9 Å². The maximum absolute atomic E-state index is 7.39. The van der Waals surface area contributed by atoms with Gasteiger partial charge < -0.3 is 15.4 Å². The average Bonchev–Trinajstić information content (AvgIpc) is 2.29. The van der Waals surface area contributed by atoms with Crippen LogP contribution in [-0.2, 0) is 4.74 Å². The van der Waals surface area contributed by atoms with Gasteiger partial charge in [0.25, 0.3) is 0 Å². The molecule has 0 saturated carbocycles. The molecule has 0 radical (unpaired) electrons. The highest BCUT2D eigenvalue weighted by Gasteiger charge is 2.18. The molecule has 1 aliphatic heterocycles. The van der Waals surface area contributed by atoms with Crippen molar-refractivity contribution in [3.05, 3.63) is 23.9 Å². The first kappa shape index (κ1) is 10.9.